The van der Waals surface area contributed by atoms with Gasteiger partial charge in [0, 0.05) is 37.9 Å². The Kier molecular flexibility index (Phi) is 4.08. The number of ether oxygens (including phenoxy) is 1. The third kappa shape index (κ3) is 3.26. The summed E-state index contributed by atoms with van der Waals surface area (Å²) in [5, 5.41) is 4.04. The van der Waals surface area contributed by atoms with Crippen molar-refractivity contribution in [3.05, 3.63) is 18.3 Å². The Labute approximate surface area is 128 Å². The van der Waals surface area contributed by atoms with E-state index in [-0.39, 0.29) is 12.0 Å². The van der Waals surface area contributed by atoms with Crippen LogP contribution >= 0.6 is 0 Å². The second kappa shape index (κ2) is 6.17. The van der Waals surface area contributed by atoms with E-state index in [1.807, 2.05) is 13.8 Å². The second-order valence-corrected chi connectivity index (χ2v) is 5.67. The van der Waals surface area contributed by atoms with Gasteiger partial charge in [0.15, 0.2) is 0 Å². The fraction of sp³-hybridized carbons (Fsp3) is 0.571. The van der Waals surface area contributed by atoms with E-state index in [1.165, 1.54) is 6.33 Å². The van der Waals surface area contributed by atoms with Crippen LogP contribution in [0.2, 0.25) is 0 Å². The number of nitrogens with zero attached hydrogens (tertiary/aromatic N) is 5. The molecule has 1 fully saturated rings. The molecule has 0 aromatic carbocycles. The summed E-state index contributed by atoms with van der Waals surface area (Å²) in [4.78, 5) is 14.5. The summed E-state index contributed by atoms with van der Waals surface area (Å²) in [7, 11) is 0. The van der Waals surface area contributed by atoms with Gasteiger partial charge in [-0.2, -0.15) is 4.98 Å². The highest BCUT2D eigenvalue weighted by Crippen LogP contribution is 2.22. The average molecular weight is 304 g/mol. The van der Waals surface area contributed by atoms with Crippen molar-refractivity contribution in [1.82, 2.24) is 20.1 Å². The lowest BCUT2D eigenvalue weighted by molar-refractivity contribution is 0.163. The van der Waals surface area contributed by atoms with Gasteiger partial charge in [-0.1, -0.05) is 13.8 Å². The second-order valence-electron chi connectivity index (χ2n) is 5.67. The van der Waals surface area contributed by atoms with Crippen molar-refractivity contribution in [2.75, 3.05) is 23.7 Å². The number of nitrogens with two attached hydrogens (primary N) is 1. The summed E-state index contributed by atoms with van der Waals surface area (Å²) in [6.07, 6.45) is 3.26. The average Bonchev–Trinajstić information content (AvgIpc) is 2.98. The predicted molar refractivity (Wildman–Crippen MR) is 80.7 cm³/mol. The zero-order valence-electron chi connectivity index (χ0n) is 12.8. The molecular weight excluding hydrogens is 284 g/mol. The van der Waals surface area contributed by atoms with Gasteiger partial charge in [0.1, 0.15) is 18.2 Å². The predicted octanol–water partition coefficient (Wildman–Crippen LogP) is 1.61. The molecule has 0 aliphatic carbocycles. The molecule has 0 unspecified atom stereocenters. The number of piperidine rings is 1. The Hall–Kier alpha value is -2.38. The van der Waals surface area contributed by atoms with Crippen LogP contribution in [-0.2, 0) is 0 Å². The number of hydrogen-bond acceptors (Lipinski definition) is 8. The van der Waals surface area contributed by atoms with Gasteiger partial charge in [-0.25, -0.2) is 9.97 Å². The van der Waals surface area contributed by atoms with Crippen LogP contribution in [0.1, 0.15) is 38.5 Å². The normalized spacial score (nSPS) is 16.2. The van der Waals surface area contributed by atoms with Gasteiger partial charge in [-0.3, -0.25) is 0 Å². The lowest BCUT2D eigenvalue weighted by atomic mass is 10.1. The van der Waals surface area contributed by atoms with Gasteiger partial charge in [-0.05, 0) is 5.16 Å². The molecule has 2 aromatic heterocycles. The van der Waals surface area contributed by atoms with Crippen LogP contribution in [0, 0.1) is 0 Å². The Morgan fingerprint density at radius 1 is 1.32 bits per heavy atom. The van der Waals surface area contributed by atoms with E-state index in [4.69, 9.17) is 15.0 Å². The largest absolute Gasteiger partial charge is 0.474 e. The van der Waals surface area contributed by atoms with Crippen LogP contribution in [-0.4, -0.2) is 39.3 Å². The third-order valence-corrected chi connectivity index (χ3v) is 3.60. The minimum Gasteiger partial charge on any atom is -0.474 e. The van der Waals surface area contributed by atoms with Crippen LogP contribution in [0.15, 0.2) is 16.9 Å². The smallest absolute Gasteiger partial charge is 0.266 e. The van der Waals surface area contributed by atoms with Crippen LogP contribution in [0.5, 0.6) is 5.88 Å². The fourth-order valence-corrected chi connectivity index (χ4v) is 2.35. The first kappa shape index (κ1) is 14.6. The molecule has 8 heteroatoms. The van der Waals surface area contributed by atoms with E-state index in [1.54, 1.807) is 6.07 Å². The molecule has 3 heterocycles. The number of anilines is 2. The maximum Gasteiger partial charge on any atom is 0.266 e. The van der Waals surface area contributed by atoms with E-state index in [9.17, 15) is 0 Å². The lowest BCUT2D eigenvalue weighted by Gasteiger charge is -2.30. The molecule has 22 heavy (non-hydrogen) atoms. The minimum absolute atomic E-state index is 0.113. The van der Waals surface area contributed by atoms with Crippen LogP contribution in [0.3, 0.4) is 0 Å². The van der Waals surface area contributed by atoms with Crippen molar-refractivity contribution in [3.8, 4) is 5.88 Å². The Bertz CT molecular complexity index is 621. The highest BCUT2D eigenvalue weighted by atomic mass is 16.5. The summed E-state index contributed by atoms with van der Waals surface area (Å²) < 4.78 is 11.1. The molecule has 2 aromatic rings. The highest BCUT2D eigenvalue weighted by molar-refractivity contribution is 5.31. The van der Waals surface area contributed by atoms with Crippen molar-refractivity contribution in [1.29, 1.82) is 0 Å². The van der Waals surface area contributed by atoms with Gasteiger partial charge < -0.3 is 19.9 Å². The number of hydrogen-bond donors (Lipinski definition) is 1. The molecule has 1 aliphatic heterocycles. The van der Waals surface area contributed by atoms with Crippen LogP contribution in [0.25, 0.3) is 0 Å². The van der Waals surface area contributed by atoms with Crippen LogP contribution in [0.4, 0.5) is 11.8 Å². The summed E-state index contributed by atoms with van der Waals surface area (Å²) in [6, 6.07) is 1.64. The maximum atomic E-state index is 5.84. The molecule has 1 aliphatic rings. The zero-order valence-corrected chi connectivity index (χ0v) is 12.8. The third-order valence-electron chi connectivity index (χ3n) is 3.60. The standard InChI is InChI=1S/C14H20N6O2/c1-9(2)13-18-14(19-22-13)20-5-3-10(4-6-20)21-12-7-11(15)16-8-17-12/h7-10H,3-6H2,1-2H3,(H2,15,16,17). The van der Waals surface area contributed by atoms with Gasteiger partial charge in [0.2, 0.25) is 11.8 Å². The zero-order chi connectivity index (χ0) is 15.5. The van der Waals surface area contributed by atoms with E-state index < -0.39 is 0 Å². The SMILES string of the molecule is CC(C)c1nc(N2CCC(Oc3cc(N)ncn3)CC2)no1. The van der Waals surface area contributed by atoms with E-state index in [2.05, 4.69) is 25.0 Å². The van der Waals surface area contributed by atoms with Crippen molar-refractivity contribution < 1.29 is 9.26 Å². The monoisotopic (exact) mass is 304 g/mol. The quantitative estimate of drug-likeness (QED) is 0.908. The molecule has 0 radical (unpaired) electrons. The van der Waals surface area contributed by atoms with Crippen molar-refractivity contribution in [3.63, 3.8) is 0 Å². The van der Waals surface area contributed by atoms with Gasteiger partial charge in [-0.15, -0.1) is 0 Å². The molecule has 0 bridgehead atoms. The Morgan fingerprint density at radius 3 is 2.73 bits per heavy atom. The van der Waals surface area contributed by atoms with Crippen molar-refractivity contribution in [2.45, 2.75) is 38.7 Å². The van der Waals surface area contributed by atoms with Crippen molar-refractivity contribution >= 4 is 11.8 Å². The summed E-state index contributed by atoms with van der Waals surface area (Å²) in [6.45, 7) is 5.71. The first-order valence-electron chi connectivity index (χ1n) is 7.44. The molecule has 0 spiro atoms. The summed E-state index contributed by atoms with van der Waals surface area (Å²) in [5.41, 5.74) is 5.62. The first-order valence-corrected chi connectivity index (χ1v) is 7.44. The first-order chi connectivity index (χ1) is 10.6. The topological polar surface area (TPSA) is 103 Å². The Balaban J connectivity index is 1.55. The minimum atomic E-state index is 0.113. The van der Waals surface area contributed by atoms with Crippen LogP contribution < -0.4 is 15.4 Å². The highest BCUT2D eigenvalue weighted by Gasteiger charge is 2.24. The molecule has 0 saturated carbocycles. The molecular formula is C14H20N6O2. The summed E-state index contributed by atoms with van der Waals surface area (Å²) >= 11 is 0. The molecule has 0 amide bonds. The molecule has 2 N–H and O–H groups in total. The lowest BCUT2D eigenvalue weighted by Crippen LogP contribution is -2.39. The number of aromatic nitrogens is 4. The molecule has 8 nitrogen and oxygen atoms in total. The summed E-state index contributed by atoms with van der Waals surface area (Å²) in [5.74, 6) is 2.51. The molecule has 1 saturated heterocycles. The molecule has 3 rings (SSSR count). The number of nitrogen functional groups attached to an aromatic ring is 1. The number of rotatable bonds is 4. The van der Waals surface area contributed by atoms with Gasteiger partial charge >= 0.3 is 0 Å². The van der Waals surface area contributed by atoms with E-state index in [0.29, 0.717) is 23.5 Å². The molecule has 118 valence electrons. The maximum absolute atomic E-state index is 5.84. The van der Waals surface area contributed by atoms with Crippen molar-refractivity contribution in [2.24, 2.45) is 0 Å². The van der Waals surface area contributed by atoms with E-state index >= 15 is 0 Å². The van der Waals surface area contributed by atoms with Gasteiger partial charge in [0.25, 0.3) is 5.95 Å². The van der Waals surface area contributed by atoms with Gasteiger partial charge in [0.05, 0.1) is 0 Å². The molecule has 0 atom stereocenters. The Morgan fingerprint density at radius 2 is 2.09 bits per heavy atom. The fourth-order valence-electron chi connectivity index (χ4n) is 2.35. The van der Waals surface area contributed by atoms with E-state index in [0.717, 1.165) is 25.9 Å².